The van der Waals surface area contributed by atoms with Crippen LogP contribution in [-0.4, -0.2) is 51.4 Å². The Morgan fingerprint density at radius 2 is 2.20 bits per heavy atom. The van der Waals surface area contributed by atoms with Crippen molar-refractivity contribution in [2.45, 2.75) is 13.0 Å². The summed E-state index contributed by atoms with van der Waals surface area (Å²) in [4.78, 5) is 27.0. The number of hydrogen-bond acceptors (Lipinski definition) is 4. The van der Waals surface area contributed by atoms with Gasteiger partial charge in [0.1, 0.15) is 0 Å². The van der Waals surface area contributed by atoms with Crippen molar-refractivity contribution in [1.82, 2.24) is 9.88 Å². The number of amides is 1. The molecule has 1 aromatic heterocycles. The fraction of sp³-hybridized carbons (Fsp3) is 0.308. The molecule has 7 nitrogen and oxygen atoms in total. The number of pyridine rings is 1. The molecule has 2 N–H and O–H groups in total. The zero-order chi connectivity index (χ0) is 14.7. The quantitative estimate of drug-likeness (QED) is 0.861. The lowest BCUT2D eigenvalue weighted by atomic mass is 10.1. The largest absolute Gasteiger partial charge is 0.479 e. The molecule has 0 saturated heterocycles. The van der Waals surface area contributed by atoms with Crippen LogP contribution in [0.5, 0.6) is 5.88 Å². The summed E-state index contributed by atoms with van der Waals surface area (Å²) in [6, 6.07) is 2.24. The standard InChI is InChI=1S/C13H14N2O5/c1-2-20-11-4-3-8(6-14-11)9-5-10(12(16)17)15(7-9)13(18)19/h3-6,10H,2,7H2,1H3,(H,16,17)(H,18,19)/t10-/m1/s1. The van der Waals surface area contributed by atoms with E-state index in [9.17, 15) is 9.59 Å². The molecule has 106 valence electrons. The minimum absolute atomic E-state index is 0.0297. The van der Waals surface area contributed by atoms with Crippen LogP contribution in [-0.2, 0) is 4.79 Å². The minimum atomic E-state index is -1.26. The number of rotatable bonds is 4. The molecule has 2 rings (SSSR count). The lowest BCUT2D eigenvalue weighted by molar-refractivity contribution is -0.140. The van der Waals surface area contributed by atoms with Crippen LogP contribution in [0.25, 0.3) is 5.57 Å². The second-order valence-electron chi connectivity index (χ2n) is 4.20. The van der Waals surface area contributed by atoms with Crippen LogP contribution in [0.1, 0.15) is 12.5 Å². The Hall–Kier alpha value is -2.57. The number of hydrogen-bond donors (Lipinski definition) is 2. The smallest absolute Gasteiger partial charge is 0.408 e. The molecule has 1 aromatic rings. The van der Waals surface area contributed by atoms with Gasteiger partial charge in [-0.3, -0.25) is 4.90 Å². The summed E-state index contributed by atoms with van der Waals surface area (Å²) in [6.45, 7) is 2.38. The molecule has 0 bridgehead atoms. The van der Waals surface area contributed by atoms with Crippen LogP contribution in [0.4, 0.5) is 4.79 Å². The molecule has 1 aliphatic heterocycles. The van der Waals surface area contributed by atoms with Crippen molar-refractivity contribution in [2.24, 2.45) is 0 Å². The van der Waals surface area contributed by atoms with Gasteiger partial charge < -0.3 is 14.9 Å². The van der Waals surface area contributed by atoms with Crippen LogP contribution in [0, 0.1) is 0 Å². The van der Waals surface area contributed by atoms with Gasteiger partial charge in [0.05, 0.1) is 13.2 Å². The SMILES string of the molecule is CCOc1ccc(C2=C[C@H](C(=O)O)N(C(=O)O)C2)cn1. The van der Waals surface area contributed by atoms with Gasteiger partial charge in [-0.1, -0.05) is 0 Å². The van der Waals surface area contributed by atoms with Crippen molar-refractivity contribution < 1.29 is 24.5 Å². The normalized spacial score (nSPS) is 17.8. The van der Waals surface area contributed by atoms with E-state index in [1.807, 2.05) is 6.92 Å². The first-order valence-corrected chi connectivity index (χ1v) is 6.05. The molecular formula is C13H14N2O5. The van der Waals surface area contributed by atoms with Gasteiger partial charge in [-0.05, 0) is 30.2 Å². The fourth-order valence-electron chi connectivity index (χ4n) is 2.00. The number of aliphatic carboxylic acids is 1. The van der Waals surface area contributed by atoms with Crippen LogP contribution in [0.15, 0.2) is 24.4 Å². The monoisotopic (exact) mass is 278 g/mol. The fourth-order valence-corrected chi connectivity index (χ4v) is 2.00. The average molecular weight is 278 g/mol. The van der Waals surface area contributed by atoms with Crippen LogP contribution in [0.2, 0.25) is 0 Å². The molecule has 1 atom stereocenters. The number of carboxylic acid groups (broad SMARTS) is 2. The number of carbonyl (C=O) groups is 2. The number of nitrogens with zero attached hydrogens (tertiary/aromatic N) is 2. The van der Waals surface area contributed by atoms with Gasteiger partial charge in [0, 0.05) is 12.3 Å². The van der Waals surface area contributed by atoms with Crippen LogP contribution >= 0.6 is 0 Å². The highest BCUT2D eigenvalue weighted by atomic mass is 16.5. The lowest BCUT2D eigenvalue weighted by Crippen LogP contribution is -2.40. The van der Waals surface area contributed by atoms with E-state index in [2.05, 4.69) is 4.98 Å². The van der Waals surface area contributed by atoms with E-state index in [1.165, 1.54) is 6.08 Å². The van der Waals surface area contributed by atoms with Gasteiger partial charge in [-0.25, -0.2) is 14.6 Å². The Bertz CT molecular complexity index is 552. The van der Waals surface area contributed by atoms with Gasteiger partial charge in [0.25, 0.3) is 0 Å². The Balaban J connectivity index is 2.22. The van der Waals surface area contributed by atoms with Crippen molar-refractivity contribution in [2.75, 3.05) is 13.2 Å². The third-order valence-electron chi connectivity index (χ3n) is 2.93. The van der Waals surface area contributed by atoms with E-state index < -0.39 is 18.1 Å². The Labute approximate surface area is 115 Å². The first-order chi connectivity index (χ1) is 9.52. The molecule has 0 radical (unpaired) electrons. The molecule has 0 aromatic carbocycles. The van der Waals surface area contributed by atoms with Gasteiger partial charge in [-0.15, -0.1) is 0 Å². The number of carboxylic acids is 1. The van der Waals surface area contributed by atoms with Crippen LogP contribution in [0.3, 0.4) is 0 Å². The molecule has 7 heteroatoms. The highest BCUT2D eigenvalue weighted by molar-refractivity contribution is 5.88. The second-order valence-corrected chi connectivity index (χ2v) is 4.20. The van der Waals surface area contributed by atoms with E-state index in [4.69, 9.17) is 14.9 Å². The topological polar surface area (TPSA) is 100.0 Å². The summed E-state index contributed by atoms with van der Waals surface area (Å²) in [5.74, 6) is -0.721. The lowest BCUT2D eigenvalue weighted by Gasteiger charge is -2.17. The second kappa shape index (κ2) is 5.60. The van der Waals surface area contributed by atoms with E-state index in [0.29, 0.717) is 23.6 Å². The van der Waals surface area contributed by atoms with Gasteiger partial charge in [0.2, 0.25) is 5.88 Å². The maximum atomic E-state index is 11.0. The summed E-state index contributed by atoms with van der Waals surface area (Å²) >= 11 is 0. The molecule has 1 amide bonds. The summed E-state index contributed by atoms with van der Waals surface area (Å²) in [5.41, 5.74) is 1.30. The molecule has 0 fully saturated rings. The number of ether oxygens (including phenoxy) is 1. The molecule has 0 unspecified atom stereocenters. The summed E-state index contributed by atoms with van der Waals surface area (Å²) in [6.07, 6.45) is 1.71. The van der Waals surface area contributed by atoms with E-state index in [1.54, 1.807) is 18.3 Å². The average Bonchev–Trinajstić information content (AvgIpc) is 2.85. The Morgan fingerprint density at radius 1 is 1.45 bits per heavy atom. The van der Waals surface area contributed by atoms with Crippen molar-refractivity contribution >= 4 is 17.6 Å². The minimum Gasteiger partial charge on any atom is -0.479 e. The zero-order valence-electron chi connectivity index (χ0n) is 10.8. The summed E-state index contributed by atoms with van der Waals surface area (Å²) < 4.78 is 5.21. The molecule has 20 heavy (non-hydrogen) atoms. The van der Waals surface area contributed by atoms with Crippen molar-refractivity contribution in [3.8, 4) is 5.88 Å². The first kappa shape index (κ1) is 13.9. The van der Waals surface area contributed by atoms with Gasteiger partial charge in [-0.2, -0.15) is 0 Å². The van der Waals surface area contributed by atoms with E-state index >= 15 is 0 Å². The molecule has 0 aliphatic carbocycles. The zero-order valence-corrected chi connectivity index (χ0v) is 10.8. The predicted molar refractivity (Wildman–Crippen MR) is 69.5 cm³/mol. The Kier molecular flexibility index (Phi) is 3.88. The predicted octanol–water partition coefficient (Wildman–Crippen LogP) is 1.31. The highest BCUT2D eigenvalue weighted by Crippen LogP contribution is 2.25. The van der Waals surface area contributed by atoms with Gasteiger partial charge in [0.15, 0.2) is 6.04 Å². The third-order valence-corrected chi connectivity index (χ3v) is 2.93. The third kappa shape index (κ3) is 2.71. The maximum absolute atomic E-state index is 11.0. The highest BCUT2D eigenvalue weighted by Gasteiger charge is 2.34. The van der Waals surface area contributed by atoms with Crippen molar-refractivity contribution in [3.63, 3.8) is 0 Å². The number of aromatic nitrogens is 1. The molecule has 1 aliphatic rings. The molecular weight excluding hydrogens is 264 g/mol. The molecule has 0 spiro atoms. The molecule has 0 saturated carbocycles. The van der Waals surface area contributed by atoms with E-state index in [-0.39, 0.29) is 6.54 Å². The maximum Gasteiger partial charge on any atom is 0.408 e. The molecule has 2 heterocycles. The first-order valence-electron chi connectivity index (χ1n) is 6.05. The van der Waals surface area contributed by atoms with Crippen molar-refractivity contribution in [3.05, 3.63) is 30.0 Å². The summed E-state index contributed by atoms with van der Waals surface area (Å²) in [7, 11) is 0. The van der Waals surface area contributed by atoms with E-state index in [0.717, 1.165) is 4.90 Å². The summed E-state index contributed by atoms with van der Waals surface area (Å²) in [5, 5.41) is 18.0. The Morgan fingerprint density at radius 3 is 2.65 bits per heavy atom. The van der Waals surface area contributed by atoms with Crippen molar-refractivity contribution in [1.29, 1.82) is 0 Å². The van der Waals surface area contributed by atoms with Crippen LogP contribution < -0.4 is 4.74 Å². The van der Waals surface area contributed by atoms with Gasteiger partial charge >= 0.3 is 12.1 Å².